The smallest absolute Gasteiger partial charge is 0.196 e. The molecular weight excluding hydrogens is 330 g/mol. The van der Waals surface area contributed by atoms with E-state index in [2.05, 4.69) is 22.6 Å². The minimum absolute atomic E-state index is 0.242. The molecule has 0 rings (SSSR count). The van der Waals surface area contributed by atoms with Gasteiger partial charge in [0.2, 0.25) is 0 Å². The zero-order valence-corrected chi connectivity index (χ0v) is 10.1. The molecule has 0 N–H and O–H groups in total. The number of unbranched alkanes of at least 4 members (excludes halogenated alkanes) is 1. The highest BCUT2D eigenvalue weighted by Gasteiger charge is 2.56. The van der Waals surface area contributed by atoms with Crippen molar-refractivity contribution in [1.29, 1.82) is 0 Å². The van der Waals surface area contributed by atoms with E-state index in [1.54, 1.807) is 6.08 Å². The lowest BCUT2D eigenvalue weighted by molar-refractivity contribution is -0.283. The molecule has 0 saturated carbocycles. The van der Waals surface area contributed by atoms with Gasteiger partial charge in [0.1, 0.15) is 0 Å². The van der Waals surface area contributed by atoms with Crippen LogP contribution in [0.5, 0.6) is 0 Å². The van der Waals surface area contributed by atoms with Gasteiger partial charge in [-0.1, -0.05) is 34.7 Å². The topological polar surface area (TPSA) is 0 Å². The van der Waals surface area contributed by atoms with E-state index in [-0.39, 0.29) is 6.42 Å². The molecule has 0 aliphatic rings. The van der Waals surface area contributed by atoms with Crippen LogP contribution in [0.1, 0.15) is 25.7 Å². The fraction of sp³-hybridized carbons (Fsp3) is 0.778. The summed E-state index contributed by atoms with van der Waals surface area (Å²) in [5.74, 6) is -4.57. The predicted molar refractivity (Wildman–Crippen MR) is 57.5 cm³/mol. The summed E-state index contributed by atoms with van der Waals surface area (Å²) in [6.07, 6.45) is -2.18. The van der Waals surface area contributed by atoms with Crippen molar-refractivity contribution in [1.82, 2.24) is 0 Å². The van der Waals surface area contributed by atoms with Crippen molar-refractivity contribution in [3.63, 3.8) is 0 Å². The Morgan fingerprint density at radius 2 is 1.47 bits per heavy atom. The van der Waals surface area contributed by atoms with E-state index >= 15 is 0 Å². The summed E-state index contributed by atoms with van der Waals surface area (Å²) in [7, 11) is 0. The minimum atomic E-state index is -5.43. The number of hydrogen-bond acceptors (Lipinski definition) is 0. The van der Waals surface area contributed by atoms with E-state index in [0.717, 1.165) is 17.3 Å². The second-order valence-corrected chi connectivity index (χ2v) is 4.12. The van der Waals surface area contributed by atoms with Crippen LogP contribution in [0, 0.1) is 0 Å². The maximum absolute atomic E-state index is 12.3. The molecule has 0 spiro atoms. The van der Waals surface area contributed by atoms with Crippen LogP contribution in [-0.4, -0.2) is 16.5 Å². The fourth-order valence-electron chi connectivity index (χ4n) is 0.837. The quantitative estimate of drug-likeness (QED) is 0.215. The Bertz CT molecular complexity index is 197. The summed E-state index contributed by atoms with van der Waals surface area (Å²) >= 11 is 2.17. The molecule has 0 heterocycles. The van der Waals surface area contributed by atoms with Gasteiger partial charge in [0.05, 0.1) is 0 Å². The molecule has 0 amide bonds. The Morgan fingerprint density at radius 1 is 0.933 bits per heavy atom. The third-order valence-corrected chi connectivity index (χ3v) is 2.47. The minimum Gasteiger partial charge on any atom is -0.196 e. The first kappa shape index (κ1) is 15.1. The maximum Gasteiger partial charge on any atom is 0.453 e. The van der Waals surface area contributed by atoms with Crippen molar-refractivity contribution in [2.45, 2.75) is 37.8 Å². The van der Waals surface area contributed by atoms with Gasteiger partial charge in [0.25, 0.3) is 0 Å². The van der Waals surface area contributed by atoms with E-state index in [4.69, 9.17) is 0 Å². The van der Waals surface area contributed by atoms with Gasteiger partial charge in [-0.05, 0) is 23.7 Å². The largest absolute Gasteiger partial charge is 0.453 e. The summed E-state index contributed by atoms with van der Waals surface area (Å²) < 4.78 is 60.7. The fourth-order valence-corrected chi connectivity index (χ4v) is 1.28. The van der Waals surface area contributed by atoms with Crippen LogP contribution in [0.3, 0.4) is 0 Å². The van der Waals surface area contributed by atoms with E-state index in [1.807, 2.05) is 0 Å². The summed E-state index contributed by atoms with van der Waals surface area (Å²) in [4.78, 5) is 0. The van der Waals surface area contributed by atoms with Gasteiger partial charge in [0.15, 0.2) is 0 Å². The Hall–Kier alpha value is 0.120. The van der Waals surface area contributed by atoms with E-state index < -0.39 is 18.5 Å². The van der Waals surface area contributed by atoms with E-state index in [0.29, 0.717) is 0 Å². The lowest BCUT2D eigenvalue weighted by Gasteiger charge is -2.18. The first-order valence-corrected chi connectivity index (χ1v) is 5.99. The second-order valence-electron chi connectivity index (χ2n) is 3.04. The Balaban J connectivity index is 3.80. The van der Waals surface area contributed by atoms with E-state index in [1.165, 1.54) is 6.08 Å². The van der Waals surface area contributed by atoms with Gasteiger partial charge < -0.3 is 0 Å². The highest BCUT2D eigenvalue weighted by atomic mass is 127. The molecule has 0 unspecified atom stereocenters. The van der Waals surface area contributed by atoms with Crippen molar-refractivity contribution in [3.8, 4) is 0 Å². The number of rotatable bonds is 6. The van der Waals surface area contributed by atoms with Crippen molar-refractivity contribution in [2.24, 2.45) is 0 Å². The van der Waals surface area contributed by atoms with Gasteiger partial charge in [-0.15, -0.1) is 0 Å². The van der Waals surface area contributed by atoms with Crippen LogP contribution in [0.15, 0.2) is 12.2 Å². The standard InChI is InChI=1S/C9H12F5I/c10-8(11,9(12,13)14)6-4-2-1-3-5-7-15/h1-2H,3-7H2/b2-1+. The highest BCUT2D eigenvalue weighted by Crippen LogP contribution is 2.38. The maximum atomic E-state index is 12.3. The zero-order chi connectivity index (χ0) is 11.9. The molecule has 0 nitrogen and oxygen atoms in total. The third-order valence-electron chi connectivity index (χ3n) is 1.71. The molecule has 15 heavy (non-hydrogen) atoms. The molecular formula is C9H12F5I. The predicted octanol–water partition coefficient (Wildman–Crippen LogP) is 4.74. The van der Waals surface area contributed by atoms with Gasteiger partial charge in [-0.2, -0.15) is 22.0 Å². The molecule has 0 saturated heterocycles. The van der Waals surface area contributed by atoms with Gasteiger partial charge in [-0.3, -0.25) is 0 Å². The Morgan fingerprint density at radius 3 is 1.93 bits per heavy atom. The first-order valence-electron chi connectivity index (χ1n) is 4.47. The molecule has 6 heteroatoms. The number of allylic oxidation sites excluding steroid dienone is 2. The van der Waals surface area contributed by atoms with Crippen LogP contribution in [0.4, 0.5) is 22.0 Å². The lowest BCUT2D eigenvalue weighted by atomic mass is 10.1. The monoisotopic (exact) mass is 342 g/mol. The number of alkyl halides is 6. The SMILES string of the molecule is FC(F)(F)C(F)(F)CC/C=C/CCCI. The van der Waals surface area contributed by atoms with Crippen molar-refractivity contribution in [3.05, 3.63) is 12.2 Å². The molecule has 0 aromatic carbocycles. The number of hydrogen-bond donors (Lipinski definition) is 0. The third kappa shape index (κ3) is 6.32. The molecule has 0 aliphatic heterocycles. The average molecular weight is 342 g/mol. The highest BCUT2D eigenvalue weighted by molar-refractivity contribution is 14.1. The first-order chi connectivity index (χ1) is 6.81. The molecule has 0 aromatic heterocycles. The molecule has 90 valence electrons. The Kier molecular flexibility index (Phi) is 6.70. The second kappa shape index (κ2) is 6.65. The zero-order valence-electron chi connectivity index (χ0n) is 7.96. The van der Waals surface area contributed by atoms with Crippen LogP contribution in [-0.2, 0) is 0 Å². The van der Waals surface area contributed by atoms with Crippen molar-refractivity contribution in [2.75, 3.05) is 4.43 Å². The van der Waals surface area contributed by atoms with Crippen molar-refractivity contribution >= 4 is 22.6 Å². The molecule has 0 atom stereocenters. The molecule has 0 fully saturated rings. The van der Waals surface area contributed by atoms with Gasteiger partial charge in [0, 0.05) is 6.42 Å². The van der Waals surface area contributed by atoms with Crippen molar-refractivity contribution < 1.29 is 22.0 Å². The van der Waals surface area contributed by atoms with Crippen LogP contribution in [0.2, 0.25) is 0 Å². The lowest BCUT2D eigenvalue weighted by Crippen LogP contribution is -2.35. The summed E-state index contributed by atoms with van der Waals surface area (Å²) in [5.41, 5.74) is 0. The number of halogens is 6. The Labute approximate surface area is 99.1 Å². The molecule has 0 radical (unpaired) electrons. The molecule has 0 aliphatic carbocycles. The van der Waals surface area contributed by atoms with Gasteiger partial charge >= 0.3 is 12.1 Å². The van der Waals surface area contributed by atoms with Crippen LogP contribution < -0.4 is 0 Å². The molecule has 0 aromatic rings. The summed E-state index contributed by atoms with van der Waals surface area (Å²) in [6.45, 7) is 0. The van der Waals surface area contributed by atoms with Crippen LogP contribution >= 0.6 is 22.6 Å². The normalized spacial score (nSPS) is 13.7. The molecule has 0 bridgehead atoms. The average Bonchev–Trinajstić information content (AvgIpc) is 2.09. The van der Waals surface area contributed by atoms with Gasteiger partial charge in [-0.25, -0.2) is 0 Å². The van der Waals surface area contributed by atoms with Crippen LogP contribution in [0.25, 0.3) is 0 Å². The summed E-state index contributed by atoms with van der Waals surface area (Å²) in [5, 5.41) is 0. The van der Waals surface area contributed by atoms with E-state index in [9.17, 15) is 22.0 Å². The summed E-state index contributed by atoms with van der Waals surface area (Å²) in [6, 6.07) is 0.